The van der Waals surface area contributed by atoms with E-state index in [2.05, 4.69) is 9.97 Å². The van der Waals surface area contributed by atoms with E-state index in [1.165, 1.54) is 6.33 Å². The first-order valence-corrected chi connectivity index (χ1v) is 10.4. The van der Waals surface area contributed by atoms with E-state index in [0.717, 1.165) is 59.7 Å². The fraction of sp³-hybridized carbons (Fsp3) is 0.261. The van der Waals surface area contributed by atoms with Crippen molar-refractivity contribution in [2.45, 2.75) is 18.9 Å². The molecule has 1 aliphatic heterocycles. The molecule has 2 aromatic heterocycles. The second-order valence-electron chi connectivity index (χ2n) is 7.70. The summed E-state index contributed by atoms with van der Waals surface area (Å²) in [5.74, 6) is 1.94. The zero-order chi connectivity index (χ0) is 21.2. The molecule has 1 aliphatic rings. The van der Waals surface area contributed by atoms with Gasteiger partial charge in [0.15, 0.2) is 5.65 Å². The van der Waals surface area contributed by atoms with Crippen molar-refractivity contribution in [3.8, 4) is 22.8 Å². The van der Waals surface area contributed by atoms with Crippen LogP contribution in [0, 0.1) is 0 Å². The average Bonchev–Trinajstić information content (AvgIpc) is 3.21. The van der Waals surface area contributed by atoms with Crippen LogP contribution in [-0.4, -0.2) is 49.6 Å². The number of anilines is 1. The summed E-state index contributed by atoms with van der Waals surface area (Å²) in [5, 5.41) is 15.2. The van der Waals surface area contributed by atoms with E-state index in [0.29, 0.717) is 5.82 Å². The molecule has 8 nitrogen and oxygen atoms in total. The van der Waals surface area contributed by atoms with E-state index in [-0.39, 0.29) is 12.8 Å². The normalized spacial score (nSPS) is 17.1. The molecule has 0 saturated carbocycles. The van der Waals surface area contributed by atoms with Gasteiger partial charge in [-0.3, -0.25) is 4.90 Å². The Morgan fingerprint density at radius 2 is 1.81 bits per heavy atom. The Morgan fingerprint density at radius 3 is 2.58 bits per heavy atom. The molecule has 31 heavy (non-hydrogen) atoms. The van der Waals surface area contributed by atoms with Crippen molar-refractivity contribution in [3.05, 3.63) is 60.9 Å². The van der Waals surface area contributed by atoms with Crippen LogP contribution in [0.25, 0.3) is 22.3 Å². The van der Waals surface area contributed by atoms with E-state index in [4.69, 9.17) is 15.6 Å². The van der Waals surface area contributed by atoms with E-state index in [9.17, 15) is 5.11 Å². The van der Waals surface area contributed by atoms with Crippen molar-refractivity contribution in [1.29, 1.82) is 0 Å². The molecule has 0 amide bonds. The van der Waals surface area contributed by atoms with Gasteiger partial charge in [-0.2, -0.15) is 5.10 Å². The highest BCUT2D eigenvalue weighted by atomic mass is 16.5. The number of fused-ring (bicyclic) bond motifs is 1. The number of nitrogens with zero attached hydrogens (tertiary/aromatic N) is 5. The highest BCUT2D eigenvalue weighted by Gasteiger charge is 2.26. The van der Waals surface area contributed by atoms with Gasteiger partial charge < -0.3 is 15.6 Å². The molecular formula is C23H24N6O2. The SMILES string of the molecule is Nc1ncnc2c1c(-c1ccc(Oc3ccccc3)cc1)nn2C1CCCN(CO)C1. The van der Waals surface area contributed by atoms with Crippen LogP contribution < -0.4 is 10.5 Å². The zero-order valence-corrected chi connectivity index (χ0v) is 17.1. The summed E-state index contributed by atoms with van der Waals surface area (Å²) in [5.41, 5.74) is 8.63. The maximum atomic E-state index is 9.57. The minimum absolute atomic E-state index is 0.0442. The third-order valence-corrected chi connectivity index (χ3v) is 5.65. The van der Waals surface area contributed by atoms with Crippen molar-refractivity contribution in [2.75, 3.05) is 25.6 Å². The lowest BCUT2D eigenvalue weighted by molar-refractivity contribution is 0.0673. The second-order valence-corrected chi connectivity index (χ2v) is 7.70. The van der Waals surface area contributed by atoms with Gasteiger partial charge in [-0.1, -0.05) is 18.2 Å². The molecule has 1 unspecified atom stereocenters. The topological polar surface area (TPSA) is 102 Å². The third kappa shape index (κ3) is 3.83. The molecular weight excluding hydrogens is 392 g/mol. The summed E-state index contributed by atoms with van der Waals surface area (Å²) in [6.07, 6.45) is 3.44. The first-order valence-electron chi connectivity index (χ1n) is 10.4. The largest absolute Gasteiger partial charge is 0.457 e. The summed E-state index contributed by atoms with van der Waals surface area (Å²) in [7, 11) is 0. The Bertz CT molecular complexity index is 1180. The molecule has 4 aromatic rings. The zero-order valence-electron chi connectivity index (χ0n) is 17.1. The monoisotopic (exact) mass is 416 g/mol. The number of nitrogen functional groups attached to an aromatic ring is 1. The van der Waals surface area contributed by atoms with E-state index in [1.54, 1.807) is 0 Å². The first kappa shape index (κ1) is 19.5. The number of hydrogen-bond acceptors (Lipinski definition) is 7. The van der Waals surface area contributed by atoms with Gasteiger partial charge in [0.25, 0.3) is 0 Å². The lowest BCUT2D eigenvalue weighted by Crippen LogP contribution is -2.37. The Kier molecular flexibility index (Phi) is 5.23. The number of aromatic nitrogens is 4. The van der Waals surface area contributed by atoms with Crippen molar-refractivity contribution < 1.29 is 9.84 Å². The highest BCUT2D eigenvalue weighted by Crippen LogP contribution is 2.34. The number of likely N-dealkylation sites (tertiary alicyclic amines) is 1. The van der Waals surface area contributed by atoms with Gasteiger partial charge in [0.05, 0.1) is 18.2 Å². The van der Waals surface area contributed by atoms with Crippen LogP contribution in [0.5, 0.6) is 11.5 Å². The van der Waals surface area contributed by atoms with Crippen LogP contribution >= 0.6 is 0 Å². The summed E-state index contributed by atoms with van der Waals surface area (Å²) in [6, 6.07) is 17.6. The van der Waals surface area contributed by atoms with Crippen LogP contribution in [0.2, 0.25) is 0 Å². The number of aliphatic hydroxyl groups is 1. The molecule has 5 rings (SSSR count). The van der Waals surface area contributed by atoms with E-state index >= 15 is 0 Å². The Labute approximate surface area is 179 Å². The maximum Gasteiger partial charge on any atom is 0.164 e. The van der Waals surface area contributed by atoms with Crippen LogP contribution in [0.3, 0.4) is 0 Å². The Morgan fingerprint density at radius 1 is 1.03 bits per heavy atom. The summed E-state index contributed by atoms with van der Waals surface area (Å²) in [6.45, 7) is 1.65. The molecule has 3 N–H and O–H groups in total. The first-order chi connectivity index (χ1) is 15.2. The predicted octanol–water partition coefficient (Wildman–Crippen LogP) is 3.45. The lowest BCUT2D eigenvalue weighted by Gasteiger charge is -2.31. The molecule has 158 valence electrons. The van der Waals surface area contributed by atoms with Crippen molar-refractivity contribution in [3.63, 3.8) is 0 Å². The number of piperidine rings is 1. The fourth-order valence-electron chi connectivity index (χ4n) is 4.12. The second kappa shape index (κ2) is 8.33. The molecule has 8 heteroatoms. The van der Waals surface area contributed by atoms with E-state index < -0.39 is 0 Å². The fourth-order valence-corrected chi connectivity index (χ4v) is 4.12. The standard InChI is InChI=1S/C23H24N6O2/c24-22-20-21(16-8-10-19(11-9-16)31-18-6-2-1-3-7-18)27-29(23(20)26-14-25-22)17-5-4-12-28(13-17)15-30/h1-3,6-11,14,17,30H,4-5,12-13,15H2,(H2,24,25,26). The van der Waals surface area contributed by atoms with Gasteiger partial charge in [0.2, 0.25) is 0 Å². The number of nitrogens with two attached hydrogens (primary N) is 1. The van der Waals surface area contributed by atoms with Gasteiger partial charge in [-0.05, 0) is 49.2 Å². The predicted molar refractivity (Wildman–Crippen MR) is 119 cm³/mol. The van der Waals surface area contributed by atoms with E-state index in [1.807, 2.05) is 64.2 Å². The van der Waals surface area contributed by atoms with Crippen molar-refractivity contribution in [1.82, 2.24) is 24.6 Å². The minimum atomic E-state index is 0.0442. The molecule has 0 aliphatic carbocycles. The number of para-hydroxylation sites is 1. The molecule has 0 spiro atoms. The summed E-state index contributed by atoms with van der Waals surface area (Å²) in [4.78, 5) is 10.7. The van der Waals surface area contributed by atoms with Gasteiger partial charge in [0, 0.05) is 18.7 Å². The quantitative estimate of drug-likeness (QED) is 0.514. The van der Waals surface area contributed by atoms with Crippen LogP contribution in [0.15, 0.2) is 60.9 Å². The van der Waals surface area contributed by atoms with Crippen LogP contribution in [0.1, 0.15) is 18.9 Å². The number of hydrogen-bond donors (Lipinski definition) is 2. The molecule has 1 saturated heterocycles. The van der Waals surface area contributed by atoms with Gasteiger partial charge in [0.1, 0.15) is 29.3 Å². The number of rotatable bonds is 5. The smallest absolute Gasteiger partial charge is 0.164 e. The number of aliphatic hydroxyl groups excluding tert-OH is 1. The molecule has 1 fully saturated rings. The lowest BCUT2D eigenvalue weighted by atomic mass is 10.1. The Hall–Kier alpha value is -3.49. The maximum absolute atomic E-state index is 9.57. The van der Waals surface area contributed by atoms with Crippen molar-refractivity contribution >= 4 is 16.9 Å². The number of ether oxygens (including phenoxy) is 1. The third-order valence-electron chi connectivity index (χ3n) is 5.65. The molecule has 3 heterocycles. The van der Waals surface area contributed by atoms with Gasteiger partial charge >= 0.3 is 0 Å². The molecule has 0 radical (unpaired) electrons. The molecule has 2 aromatic carbocycles. The summed E-state index contributed by atoms with van der Waals surface area (Å²) < 4.78 is 7.84. The summed E-state index contributed by atoms with van der Waals surface area (Å²) >= 11 is 0. The average molecular weight is 416 g/mol. The molecule has 0 bridgehead atoms. The Balaban J connectivity index is 1.51. The molecule has 1 atom stereocenters. The van der Waals surface area contributed by atoms with Gasteiger partial charge in [-0.15, -0.1) is 0 Å². The van der Waals surface area contributed by atoms with Crippen molar-refractivity contribution in [2.24, 2.45) is 0 Å². The van der Waals surface area contributed by atoms with Crippen LogP contribution in [-0.2, 0) is 0 Å². The van der Waals surface area contributed by atoms with Gasteiger partial charge in [-0.25, -0.2) is 14.6 Å². The minimum Gasteiger partial charge on any atom is -0.457 e. The number of benzene rings is 2. The highest BCUT2D eigenvalue weighted by molar-refractivity contribution is 5.98. The van der Waals surface area contributed by atoms with Crippen LogP contribution in [0.4, 0.5) is 5.82 Å².